The molecule has 9 aromatic carbocycles. The van der Waals surface area contributed by atoms with Crippen LogP contribution in [-0.4, -0.2) is 121 Å². The first-order chi connectivity index (χ1) is 47.0. The number of aryl methyl sites for hydroxylation is 3. The van der Waals surface area contributed by atoms with E-state index < -0.39 is 22.1 Å². The van der Waals surface area contributed by atoms with Crippen molar-refractivity contribution in [3.05, 3.63) is 223 Å². The zero-order valence-corrected chi connectivity index (χ0v) is 58.2. The van der Waals surface area contributed by atoms with Gasteiger partial charge >= 0.3 is 7.80 Å². The Morgan fingerprint density at radius 1 is 0.361 bits per heavy atom. The molecule has 0 spiro atoms. The maximum absolute atomic E-state index is 15.0. The molecule has 502 valence electrons. The average Bonchev–Trinajstić information content (AvgIpc) is 1.75. The summed E-state index contributed by atoms with van der Waals surface area (Å²) in [5.74, 6) is 4.63. The van der Waals surface area contributed by atoms with E-state index in [1.807, 2.05) is 204 Å². The second-order valence-corrected chi connectivity index (χ2v) is 34.0. The van der Waals surface area contributed by atoms with Crippen molar-refractivity contribution in [2.45, 2.75) is 83.3 Å². The predicted octanol–water partition coefficient (Wildman–Crippen LogP) is 12.5. The lowest BCUT2D eigenvalue weighted by molar-refractivity contribution is 0.263. The Labute approximate surface area is 569 Å². The Balaban J connectivity index is 0.000000131. The van der Waals surface area contributed by atoms with Gasteiger partial charge in [-0.15, -0.1) is 0 Å². The summed E-state index contributed by atoms with van der Waals surface area (Å²) in [6.07, 6.45) is 1.23. The standard InChI is InChI=1S/C28H30O5P.C27H29O5P.C24H23O5P/c1-28(2,3)34(29)26-6-4-5-25(19-7-11-21(12-8-19)30-15-23-17-32-23)27(26)20-9-13-22(14-10-20)31-16-24-18-33-24;1-18-12-20(3)27(13-19(18)2)33(28,25-8-4-21(5-9-25)29-14-23-16-31-23)26-10-6-22(7-11-26)30-15-24-17-32-24;25-30(22-4-2-1-3-5-22,23-10-6-18(7-11-23)26-14-20-16-28-20)24-12-8-19(9-13-24)27-15-21-17-29-21/h4-14,23-24H,15-18H2,1-3H3;4-13,23-24H,14-17H2,1-3H3;1-13,20-21H,14-17H2/q+1;;. The second-order valence-electron chi connectivity index (χ2n) is 26.1. The highest BCUT2D eigenvalue weighted by molar-refractivity contribution is 7.85. The molecule has 6 saturated heterocycles. The van der Waals surface area contributed by atoms with Gasteiger partial charge in [0, 0.05) is 37.4 Å². The fourth-order valence-electron chi connectivity index (χ4n) is 11.0. The summed E-state index contributed by atoms with van der Waals surface area (Å²) in [5, 5.41) is 5.28. The van der Waals surface area contributed by atoms with Crippen LogP contribution in [0.5, 0.6) is 34.5 Å². The Morgan fingerprint density at radius 2 is 0.660 bits per heavy atom. The Morgan fingerprint density at radius 3 is 0.990 bits per heavy atom. The van der Waals surface area contributed by atoms with E-state index in [0.717, 1.165) is 145 Å². The topological polar surface area (TPSA) is 182 Å². The Kier molecular flexibility index (Phi) is 21.0. The van der Waals surface area contributed by atoms with Crippen molar-refractivity contribution < 1.29 is 70.5 Å². The second kappa shape index (κ2) is 30.1. The molecule has 0 aliphatic carbocycles. The van der Waals surface area contributed by atoms with E-state index in [9.17, 15) is 13.7 Å². The average molecular weight is 1360 g/mol. The van der Waals surface area contributed by atoms with Crippen LogP contribution >= 0.6 is 22.1 Å². The maximum Gasteiger partial charge on any atom is 0.382 e. The van der Waals surface area contributed by atoms with Crippen molar-refractivity contribution in [3.8, 4) is 56.8 Å². The van der Waals surface area contributed by atoms with Gasteiger partial charge in [0.1, 0.15) is 111 Å². The van der Waals surface area contributed by atoms with E-state index in [4.69, 9.17) is 56.8 Å². The third-order valence-corrected chi connectivity index (χ3v) is 25.6. The molecule has 0 amide bonds. The van der Waals surface area contributed by atoms with E-state index >= 15 is 0 Å². The highest BCUT2D eigenvalue weighted by atomic mass is 31.2. The molecule has 6 heterocycles. The van der Waals surface area contributed by atoms with Crippen LogP contribution in [0.25, 0.3) is 22.3 Å². The number of ether oxygens (including phenoxy) is 12. The third kappa shape index (κ3) is 17.7. The molecule has 0 bridgehead atoms. The van der Waals surface area contributed by atoms with Gasteiger partial charge in [-0.3, -0.25) is 0 Å². The Hall–Kier alpha value is -7.90. The van der Waals surface area contributed by atoms with Gasteiger partial charge in [0.2, 0.25) is 0 Å². The van der Waals surface area contributed by atoms with Crippen molar-refractivity contribution >= 4 is 59.2 Å². The van der Waals surface area contributed by atoms with Crippen LogP contribution in [0.1, 0.15) is 37.5 Å². The molecular weight excluding hydrogens is 1280 g/mol. The largest absolute Gasteiger partial charge is 0.491 e. The van der Waals surface area contributed by atoms with Crippen LogP contribution in [0.4, 0.5) is 0 Å². The normalized spacial score (nSPS) is 20.5. The molecule has 97 heavy (non-hydrogen) atoms. The predicted molar refractivity (Wildman–Crippen MR) is 382 cm³/mol. The summed E-state index contributed by atoms with van der Waals surface area (Å²) < 4.78 is 109. The number of hydrogen-bond donors (Lipinski definition) is 0. The Bertz CT molecular complexity index is 4110. The van der Waals surface area contributed by atoms with Crippen LogP contribution in [-0.2, 0) is 42.1 Å². The van der Waals surface area contributed by atoms with E-state index in [2.05, 4.69) is 44.2 Å². The molecule has 15 rings (SSSR count). The summed E-state index contributed by atoms with van der Waals surface area (Å²) in [6, 6.07) is 66.4. The van der Waals surface area contributed by atoms with Gasteiger partial charge in [0.15, 0.2) is 24.7 Å². The van der Waals surface area contributed by atoms with Crippen molar-refractivity contribution in [2.75, 3.05) is 79.3 Å². The van der Waals surface area contributed by atoms with Gasteiger partial charge in [-0.05, 0) is 208 Å². The first-order valence-electron chi connectivity index (χ1n) is 33.1. The fourth-order valence-corrected chi connectivity index (χ4v) is 17.9. The highest BCUT2D eigenvalue weighted by Crippen LogP contribution is 2.47. The maximum atomic E-state index is 15.0. The summed E-state index contributed by atoms with van der Waals surface area (Å²) in [5.41, 5.74) is 7.45. The van der Waals surface area contributed by atoms with Crippen LogP contribution in [0, 0.1) is 20.8 Å². The molecule has 6 fully saturated rings. The minimum atomic E-state index is -3.11. The van der Waals surface area contributed by atoms with Crippen molar-refractivity contribution in [1.82, 2.24) is 0 Å². The lowest BCUT2D eigenvalue weighted by atomic mass is 9.94. The third-order valence-electron chi connectivity index (χ3n) is 17.3. The molecule has 0 aromatic heterocycles. The number of hydrogen-bond acceptors (Lipinski definition) is 15. The van der Waals surface area contributed by atoms with Gasteiger partial charge in [0.25, 0.3) is 0 Å². The van der Waals surface area contributed by atoms with Gasteiger partial charge < -0.3 is 66.0 Å². The summed E-state index contributed by atoms with van der Waals surface area (Å²) in [6.45, 7) is 20.2. The molecule has 6 aliphatic rings. The molecular formula is C79H82O15P3+. The molecule has 6 aliphatic heterocycles. The molecule has 0 N–H and O–H groups in total. The van der Waals surface area contributed by atoms with Crippen LogP contribution < -0.4 is 65.6 Å². The smallest absolute Gasteiger partial charge is 0.382 e. The lowest BCUT2D eigenvalue weighted by Gasteiger charge is -2.23. The number of rotatable bonds is 27. The fraction of sp³-hybridized carbons (Fsp3) is 0.316. The van der Waals surface area contributed by atoms with Crippen LogP contribution in [0.2, 0.25) is 0 Å². The van der Waals surface area contributed by atoms with Gasteiger partial charge in [-0.25, -0.2) is 0 Å². The summed E-state index contributed by atoms with van der Waals surface area (Å²) in [7, 11) is -7.77. The summed E-state index contributed by atoms with van der Waals surface area (Å²) >= 11 is 0. The molecule has 7 atom stereocenters. The SMILES string of the molecule is CC(C)(C)[P+](=O)c1cccc(-c2ccc(OCC3CO3)cc2)c1-c1ccc(OCC2CO2)cc1.Cc1cc(C)c(P(=O)(c2ccc(OCC3CO3)cc2)c2ccc(OCC3CO3)cc2)cc1C.O=P(c1ccccc1)(c1ccc(OCC2CO2)cc1)c1ccc(OCC2CO2)cc1. The highest BCUT2D eigenvalue weighted by Gasteiger charge is 2.40. The first kappa shape index (κ1) is 67.7. The molecule has 7 unspecified atom stereocenters. The number of epoxide rings is 6. The first-order valence-corrected chi connectivity index (χ1v) is 37.7. The lowest BCUT2D eigenvalue weighted by Crippen LogP contribution is -2.27. The van der Waals surface area contributed by atoms with Crippen LogP contribution in [0.3, 0.4) is 0 Å². The monoisotopic (exact) mass is 1360 g/mol. The van der Waals surface area contributed by atoms with Gasteiger partial charge in [-0.1, -0.05) is 77.4 Å². The molecule has 0 radical (unpaired) electrons. The zero-order valence-electron chi connectivity index (χ0n) is 55.5. The quantitative estimate of drug-likeness (QED) is 0.0350. The molecule has 9 aromatic rings. The van der Waals surface area contributed by atoms with Crippen molar-refractivity contribution in [3.63, 3.8) is 0 Å². The van der Waals surface area contributed by atoms with E-state index in [1.54, 1.807) is 0 Å². The van der Waals surface area contributed by atoms with E-state index in [0.29, 0.717) is 39.6 Å². The van der Waals surface area contributed by atoms with E-state index in [-0.39, 0.29) is 41.8 Å². The molecule has 0 saturated carbocycles. The number of benzene rings is 9. The van der Waals surface area contributed by atoms with Crippen molar-refractivity contribution in [1.29, 1.82) is 0 Å². The summed E-state index contributed by atoms with van der Waals surface area (Å²) in [4.78, 5) is 0. The molecule has 18 heteroatoms. The zero-order chi connectivity index (χ0) is 67.1. The van der Waals surface area contributed by atoms with E-state index in [1.165, 1.54) is 5.56 Å². The van der Waals surface area contributed by atoms with Crippen molar-refractivity contribution in [2.24, 2.45) is 0 Å². The molecule has 15 nitrogen and oxygen atoms in total. The van der Waals surface area contributed by atoms with Crippen LogP contribution in [0.15, 0.2) is 206 Å². The minimum Gasteiger partial charge on any atom is -0.491 e. The minimum absolute atomic E-state index is 0.196. The van der Waals surface area contributed by atoms with Gasteiger partial charge in [-0.2, -0.15) is 0 Å². The van der Waals surface area contributed by atoms with Gasteiger partial charge in [0.05, 0.1) is 39.6 Å².